The Bertz CT molecular complexity index is 407. The van der Waals surface area contributed by atoms with E-state index in [9.17, 15) is 0 Å². The molecule has 0 saturated heterocycles. The average molecular weight is 295 g/mol. The highest BCUT2D eigenvalue weighted by atomic mass is 16.5. The maximum absolute atomic E-state index is 5.56. The Morgan fingerprint density at radius 1 is 1.05 bits per heavy atom. The zero-order valence-electron chi connectivity index (χ0n) is 13.9. The molecule has 0 aliphatic rings. The van der Waals surface area contributed by atoms with E-state index in [2.05, 4.69) is 32.2 Å². The Morgan fingerprint density at radius 2 is 1.76 bits per heavy atom. The standard InChI is InChI=1S/C17H29NO3/c1-13(2)12-21-9-8-18-14(3)10-15-6-7-16(19-4)17(11-15)20-5/h6-7,11,13-14,18H,8-10,12H2,1-5H3. The SMILES string of the molecule is COc1ccc(CC(C)NCCOCC(C)C)cc1OC. The first-order valence-corrected chi connectivity index (χ1v) is 7.58. The highest BCUT2D eigenvalue weighted by Gasteiger charge is 2.07. The molecule has 120 valence electrons. The van der Waals surface area contributed by atoms with Gasteiger partial charge in [0.1, 0.15) is 0 Å². The van der Waals surface area contributed by atoms with Gasteiger partial charge in [0.15, 0.2) is 11.5 Å². The third-order valence-corrected chi connectivity index (χ3v) is 3.18. The predicted molar refractivity (Wildman–Crippen MR) is 86.4 cm³/mol. The van der Waals surface area contributed by atoms with Crippen molar-refractivity contribution in [3.63, 3.8) is 0 Å². The predicted octanol–water partition coefficient (Wildman–Crippen LogP) is 2.90. The molecule has 1 rings (SSSR count). The largest absolute Gasteiger partial charge is 0.493 e. The topological polar surface area (TPSA) is 39.7 Å². The van der Waals surface area contributed by atoms with Gasteiger partial charge in [-0.1, -0.05) is 19.9 Å². The highest BCUT2D eigenvalue weighted by Crippen LogP contribution is 2.27. The summed E-state index contributed by atoms with van der Waals surface area (Å²) >= 11 is 0. The lowest BCUT2D eigenvalue weighted by molar-refractivity contribution is 0.110. The van der Waals surface area contributed by atoms with Gasteiger partial charge in [-0.2, -0.15) is 0 Å². The number of hydrogen-bond acceptors (Lipinski definition) is 4. The molecule has 0 amide bonds. The van der Waals surface area contributed by atoms with Crippen molar-refractivity contribution in [1.82, 2.24) is 5.32 Å². The van der Waals surface area contributed by atoms with E-state index in [0.717, 1.165) is 37.7 Å². The minimum Gasteiger partial charge on any atom is -0.493 e. The van der Waals surface area contributed by atoms with Gasteiger partial charge < -0.3 is 19.5 Å². The summed E-state index contributed by atoms with van der Waals surface area (Å²) in [7, 11) is 3.31. The van der Waals surface area contributed by atoms with Crippen LogP contribution in [-0.2, 0) is 11.2 Å². The van der Waals surface area contributed by atoms with Crippen molar-refractivity contribution < 1.29 is 14.2 Å². The molecule has 4 heteroatoms. The lowest BCUT2D eigenvalue weighted by Gasteiger charge is -2.16. The first-order chi connectivity index (χ1) is 10.1. The molecule has 0 heterocycles. The zero-order valence-corrected chi connectivity index (χ0v) is 13.9. The molecule has 0 spiro atoms. The highest BCUT2D eigenvalue weighted by molar-refractivity contribution is 5.43. The first kappa shape index (κ1) is 17.8. The molecule has 1 unspecified atom stereocenters. The smallest absolute Gasteiger partial charge is 0.160 e. The summed E-state index contributed by atoms with van der Waals surface area (Å²) in [6.45, 7) is 8.96. The maximum atomic E-state index is 5.56. The number of methoxy groups -OCH3 is 2. The fourth-order valence-electron chi connectivity index (χ4n) is 2.13. The van der Waals surface area contributed by atoms with Crippen LogP contribution < -0.4 is 14.8 Å². The maximum Gasteiger partial charge on any atom is 0.160 e. The second-order valence-electron chi connectivity index (χ2n) is 5.72. The molecular formula is C17H29NO3. The number of ether oxygens (including phenoxy) is 3. The summed E-state index contributed by atoms with van der Waals surface area (Å²) in [5.74, 6) is 2.14. The molecule has 0 saturated carbocycles. The molecule has 1 aromatic rings. The van der Waals surface area contributed by atoms with Crippen molar-refractivity contribution in [2.45, 2.75) is 33.2 Å². The van der Waals surface area contributed by atoms with E-state index >= 15 is 0 Å². The van der Waals surface area contributed by atoms with Crippen LogP contribution in [0, 0.1) is 5.92 Å². The van der Waals surface area contributed by atoms with Crippen molar-refractivity contribution in [1.29, 1.82) is 0 Å². The van der Waals surface area contributed by atoms with Gasteiger partial charge in [-0.25, -0.2) is 0 Å². The number of nitrogens with one attached hydrogen (secondary N) is 1. The number of hydrogen-bond donors (Lipinski definition) is 1. The normalized spacial score (nSPS) is 12.5. The summed E-state index contributed by atoms with van der Waals surface area (Å²) in [5, 5.41) is 3.47. The minimum atomic E-state index is 0.394. The molecule has 0 fully saturated rings. The molecule has 4 nitrogen and oxygen atoms in total. The van der Waals surface area contributed by atoms with E-state index < -0.39 is 0 Å². The van der Waals surface area contributed by atoms with Crippen molar-refractivity contribution in [2.24, 2.45) is 5.92 Å². The zero-order chi connectivity index (χ0) is 15.7. The first-order valence-electron chi connectivity index (χ1n) is 7.58. The molecule has 0 bridgehead atoms. The van der Waals surface area contributed by atoms with Crippen LogP contribution >= 0.6 is 0 Å². The van der Waals surface area contributed by atoms with E-state index in [1.165, 1.54) is 5.56 Å². The van der Waals surface area contributed by atoms with Crippen molar-refractivity contribution >= 4 is 0 Å². The molecule has 0 aromatic heterocycles. The lowest BCUT2D eigenvalue weighted by Crippen LogP contribution is -2.31. The second-order valence-corrected chi connectivity index (χ2v) is 5.72. The van der Waals surface area contributed by atoms with Crippen molar-refractivity contribution in [2.75, 3.05) is 34.0 Å². The van der Waals surface area contributed by atoms with E-state index in [1.54, 1.807) is 14.2 Å². The van der Waals surface area contributed by atoms with Gasteiger partial charge in [0.2, 0.25) is 0 Å². The Labute approximate surface area is 128 Å². The van der Waals surface area contributed by atoms with Crippen LogP contribution in [0.5, 0.6) is 11.5 Å². The summed E-state index contributed by atoms with van der Waals surface area (Å²) in [5.41, 5.74) is 1.23. The van der Waals surface area contributed by atoms with Gasteiger partial charge >= 0.3 is 0 Å². The van der Waals surface area contributed by atoms with Gasteiger partial charge in [-0.05, 0) is 37.0 Å². The minimum absolute atomic E-state index is 0.394. The lowest BCUT2D eigenvalue weighted by atomic mass is 10.1. The van der Waals surface area contributed by atoms with Gasteiger partial charge in [0, 0.05) is 19.2 Å². The van der Waals surface area contributed by atoms with Crippen molar-refractivity contribution in [3.8, 4) is 11.5 Å². The Balaban J connectivity index is 2.35. The summed E-state index contributed by atoms with van der Waals surface area (Å²) in [6.07, 6.45) is 0.949. The molecular weight excluding hydrogens is 266 g/mol. The molecule has 21 heavy (non-hydrogen) atoms. The number of benzene rings is 1. The summed E-state index contributed by atoms with van der Waals surface area (Å²) in [4.78, 5) is 0. The van der Waals surface area contributed by atoms with Crippen LogP contribution in [0.25, 0.3) is 0 Å². The van der Waals surface area contributed by atoms with E-state index in [1.807, 2.05) is 12.1 Å². The van der Waals surface area contributed by atoms with E-state index in [4.69, 9.17) is 14.2 Å². The van der Waals surface area contributed by atoms with Crippen LogP contribution in [-0.4, -0.2) is 40.0 Å². The van der Waals surface area contributed by atoms with Crippen LogP contribution in [0.3, 0.4) is 0 Å². The Kier molecular flexibility index (Phi) is 8.16. The Morgan fingerprint density at radius 3 is 2.38 bits per heavy atom. The molecule has 0 aliphatic carbocycles. The van der Waals surface area contributed by atoms with Crippen LogP contribution in [0.2, 0.25) is 0 Å². The van der Waals surface area contributed by atoms with Gasteiger partial charge in [-0.15, -0.1) is 0 Å². The average Bonchev–Trinajstić information content (AvgIpc) is 2.46. The van der Waals surface area contributed by atoms with Crippen LogP contribution in [0.15, 0.2) is 18.2 Å². The van der Waals surface area contributed by atoms with Crippen LogP contribution in [0.4, 0.5) is 0 Å². The van der Waals surface area contributed by atoms with E-state index in [-0.39, 0.29) is 0 Å². The van der Waals surface area contributed by atoms with Crippen LogP contribution in [0.1, 0.15) is 26.3 Å². The van der Waals surface area contributed by atoms with Gasteiger partial charge in [0.05, 0.1) is 20.8 Å². The molecule has 0 aliphatic heterocycles. The summed E-state index contributed by atoms with van der Waals surface area (Å²) in [6, 6.07) is 6.46. The summed E-state index contributed by atoms with van der Waals surface area (Å²) < 4.78 is 16.1. The van der Waals surface area contributed by atoms with E-state index in [0.29, 0.717) is 12.0 Å². The number of rotatable bonds is 10. The molecule has 1 aromatic carbocycles. The second kappa shape index (κ2) is 9.64. The third-order valence-electron chi connectivity index (χ3n) is 3.18. The monoisotopic (exact) mass is 295 g/mol. The fourth-order valence-corrected chi connectivity index (χ4v) is 2.13. The van der Waals surface area contributed by atoms with Crippen molar-refractivity contribution in [3.05, 3.63) is 23.8 Å². The molecule has 1 atom stereocenters. The van der Waals surface area contributed by atoms with Gasteiger partial charge in [-0.3, -0.25) is 0 Å². The molecule has 1 N–H and O–H groups in total. The quantitative estimate of drug-likeness (QED) is 0.674. The van der Waals surface area contributed by atoms with Gasteiger partial charge in [0.25, 0.3) is 0 Å². The fraction of sp³-hybridized carbons (Fsp3) is 0.647. The molecule has 0 radical (unpaired) electrons. The Hall–Kier alpha value is -1.26. The third kappa shape index (κ3) is 6.82.